The van der Waals surface area contributed by atoms with Gasteiger partial charge in [0.1, 0.15) is 0 Å². The average Bonchev–Trinajstić information content (AvgIpc) is 2.38. The molecule has 18 heavy (non-hydrogen) atoms. The largest absolute Gasteiger partial charge is 0.383 e. The maximum atomic E-state index is 5.32. The molecule has 1 fully saturated rings. The summed E-state index contributed by atoms with van der Waals surface area (Å²) in [5, 5.41) is 3.78. The molecule has 0 aliphatic carbocycles. The fourth-order valence-electron chi connectivity index (χ4n) is 2.87. The Kier molecular flexibility index (Phi) is 7.20. The van der Waals surface area contributed by atoms with Gasteiger partial charge in [-0.25, -0.2) is 0 Å². The molecule has 3 nitrogen and oxygen atoms in total. The Hall–Kier alpha value is -0.120. The first kappa shape index (κ1) is 15.9. The second-order valence-corrected chi connectivity index (χ2v) is 6.06. The first-order valence-electron chi connectivity index (χ1n) is 7.55. The summed E-state index contributed by atoms with van der Waals surface area (Å²) < 4.78 is 5.32. The number of hydrogen-bond acceptors (Lipinski definition) is 3. The summed E-state index contributed by atoms with van der Waals surface area (Å²) in [5.74, 6) is 1.41. The van der Waals surface area contributed by atoms with Gasteiger partial charge in [-0.3, -0.25) is 0 Å². The third kappa shape index (κ3) is 4.87. The highest BCUT2D eigenvalue weighted by Crippen LogP contribution is 2.20. The van der Waals surface area contributed by atoms with E-state index in [9.17, 15) is 0 Å². The van der Waals surface area contributed by atoms with Crippen LogP contribution in [0.5, 0.6) is 0 Å². The first-order chi connectivity index (χ1) is 8.58. The molecule has 1 saturated heterocycles. The number of nitrogens with one attached hydrogen (secondary N) is 1. The Bertz CT molecular complexity index is 221. The Morgan fingerprint density at radius 1 is 1.33 bits per heavy atom. The fourth-order valence-corrected chi connectivity index (χ4v) is 2.87. The molecule has 0 aromatic carbocycles. The SMILES string of the molecule is CCN1CCCC(C(C)NC(COC)C(C)C)C1. The standard InChI is InChI=1S/C15H32N2O/c1-6-17-9-7-8-14(10-17)13(4)16-15(11-18-5)12(2)3/h12-16H,6-11H2,1-5H3. The maximum absolute atomic E-state index is 5.32. The van der Waals surface area contributed by atoms with Crippen molar-refractivity contribution in [3.63, 3.8) is 0 Å². The van der Waals surface area contributed by atoms with Gasteiger partial charge in [-0.2, -0.15) is 0 Å². The van der Waals surface area contributed by atoms with Crippen LogP contribution in [-0.4, -0.2) is 50.3 Å². The third-order valence-electron chi connectivity index (χ3n) is 4.32. The number of methoxy groups -OCH3 is 1. The van der Waals surface area contributed by atoms with Crippen LogP contribution in [0.15, 0.2) is 0 Å². The van der Waals surface area contributed by atoms with Crippen LogP contribution in [-0.2, 0) is 4.74 Å². The summed E-state index contributed by atoms with van der Waals surface area (Å²) >= 11 is 0. The molecule has 1 aliphatic heterocycles. The summed E-state index contributed by atoms with van der Waals surface area (Å²) in [6.07, 6.45) is 2.71. The van der Waals surface area contributed by atoms with E-state index in [0.29, 0.717) is 18.0 Å². The lowest BCUT2D eigenvalue weighted by atomic mass is 9.90. The quantitative estimate of drug-likeness (QED) is 0.757. The fraction of sp³-hybridized carbons (Fsp3) is 1.00. The van der Waals surface area contributed by atoms with Crippen LogP contribution in [0.4, 0.5) is 0 Å². The minimum atomic E-state index is 0.474. The van der Waals surface area contributed by atoms with E-state index in [4.69, 9.17) is 4.74 Å². The molecule has 1 N–H and O–H groups in total. The highest BCUT2D eigenvalue weighted by atomic mass is 16.5. The van der Waals surface area contributed by atoms with Gasteiger partial charge in [-0.05, 0) is 44.7 Å². The van der Waals surface area contributed by atoms with E-state index in [2.05, 4.69) is 37.9 Å². The number of piperidine rings is 1. The van der Waals surface area contributed by atoms with Gasteiger partial charge in [-0.15, -0.1) is 0 Å². The first-order valence-corrected chi connectivity index (χ1v) is 7.55. The smallest absolute Gasteiger partial charge is 0.0618 e. The van der Waals surface area contributed by atoms with E-state index < -0.39 is 0 Å². The van der Waals surface area contributed by atoms with Crippen molar-refractivity contribution >= 4 is 0 Å². The molecule has 3 unspecified atom stereocenters. The van der Waals surface area contributed by atoms with Crippen molar-refractivity contribution in [2.45, 2.75) is 52.6 Å². The molecule has 0 spiro atoms. The van der Waals surface area contributed by atoms with Crippen molar-refractivity contribution < 1.29 is 4.74 Å². The predicted octanol–water partition coefficient (Wildman–Crippen LogP) is 2.37. The number of hydrogen-bond donors (Lipinski definition) is 1. The van der Waals surface area contributed by atoms with Crippen LogP contribution in [0.1, 0.15) is 40.5 Å². The summed E-state index contributed by atoms with van der Waals surface area (Å²) in [7, 11) is 1.79. The molecular weight excluding hydrogens is 224 g/mol. The molecule has 0 radical (unpaired) electrons. The molecule has 0 saturated carbocycles. The summed E-state index contributed by atoms with van der Waals surface area (Å²) in [4.78, 5) is 2.58. The van der Waals surface area contributed by atoms with E-state index in [-0.39, 0.29) is 0 Å². The second kappa shape index (κ2) is 8.13. The molecular formula is C15H32N2O. The van der Waals surface area contributed by atoms with Crippen LogP contribution < -0.4 is 5.32 Å². The second-order valence-electron chi connectivity index (χ2n) is 6.06. The van der Waals surface area contributed by atoms with Gasteiger partial charge in [0.05, 0.1) is 6.61 Å². The Balaban J connectivity index is 2.44. The zero-order chi connectivity index (χ0) is 13.5. The highest BCUT2D eigenvalue weighted by Gasteiger charge is 2.26. The monoisotopic (exact) mass is 256 g/mol. The predicted molar refractivity (Wildman–Crippen MR) is 77.9 cm³/mol. The molecule has 0 aromatic rings. The van der Waals surface area contributed by atoms with Crippen molar-refractivity contribution in [2.75, 3.05) is 33.4 Å². The van der Waals surface area contributed by atoms with Crippen LogP contribution in [0.25, 0.3) is 0 Å². The van der Waals surface area contributed by atoms with Crippen LogP contribution >= 0.6 is 0 Å². The molecule has 3 atom stereocenters. The number of ether oxygens (including phenoxy) is 1. The van der Waals surface area contributed by atoms with Crippen molar-refractivity contribution in [3.8, 4) is 0 Å². The Morgan fingerprint density at radius 2 is 2.06 bits per heavy atom. The van der Waals surface area contributed by atoms with Gasteiger partial charge < -0.3 is 15.0 Å². The molecule has 0 bridgehead atoms. The van der Waals surface area contributed by atoms with Gasteiger partial charge >= 0.3 is 0 Å². The number of likely N-dealkylation sites (tertiary alicyclic amines) is 1. The molecule has 1 aliphatic rings. The van der Waals surface area contributed by atoms with Crippen LogP contribution in [0, 0.1) is 11.8 Å². The Morgan fingerprint density at radius 3 is 2.61 bits per heavy atom. The molecule has 108 valence electrons. The number of nitrogens with zero attached hydrogens (tertiary/aromatic N) is 1. The van der Waals surface area contributed by atoms with E-state index in [1.807, 2.05) is 0 Å². The summed E-state index contributed by atoms with van der Waals surface area (Å²) in [5.41, 5.74) is 0. The lowest BCUT2D eigenvalue weighted by Gasteiger charge is -2.37. The zero-order valence-electron chi connectivity index (χ0n) is 12.9. The minimum absolute atomic E-state index is 0.474. The van der Waals surface area contributed by atoms with E-state index >= 15 is 0 Å². The number of rotatable bonds is 7. The van der Waals surface area contributed by atoms with Gasteiger partial charge in [0, 0.05) is 25.7 Å². The van der Waals surface area contributed by atoms with Crippen LogP contribution in [0.2, 0.25) is 0 Å². The van der Waals surface area contributed by atoms with E-state index in [1.165, 1.54) is 32.5 Å². The molecule has 0 amide bonds. The lowest BCUT2D eigenvalue weighted by Crippen LogP contribution is -2.50. The topological polar surface area (TPSA) is 24.5 Å². The van der Waals surface area contributed by atoms with Crippen molar-refractivity contribution in [3.05, 3.63) is 0 Å². The molecule has 0 aromatic heterocycles. The summed E-state index contributed by atoms with van der Waals surface area (Å²) in [6.45, 7) is 13.7. The molecule has 3 heteroatoms. The van der Waals surface area contributed by atoms with Gasteiger partial charge in [0.25, 0.3) is 0 Å². The van der Waals surface area contributed by atoms with E-state index in [1.54, 1.807) is 7.11 Å². The lowest BCUT2D eigenvalue weighted by molar-refractivity contribution is 0.114. The average molecular weight is 256 g/mol. The van der Waals surface area contributed by atoms with Gasteiger partial charge in [0.2, 0.25) is 0 Å². The van der Waals surface area contributed by atoms with Gasteiger partial charge in [-0.1, -0.05) is 20.8 Å². The molecule has 1 heterocycles. The normalized spacial score (nSPS) is 25.3. The summed E-state index contributed by atoms with van der Waals surface area (Å²) in [6, 6.07) is 1.06. The van der Waals surface area contributed by atoms with Crippen LogP contribution in [0.3, 0.4) is 0 Å². The van der Waals surface area contributed by atoms with Crippen molar-refractivity contribution in [1.82, 2.24) is 10.2 Å². The Labute approximate surface area is 113 Å². The minimum Gasteiger partial charge on any atom is -0.383 e. The third-order valence-corrected chi connectivity index (χ3v) is 4.32. The van der Waals surface area contributed by atoms with Gasteiger partial charge in [0.15, 0.2) is 0 Å². The zero-order valence-corrected chi connectivity index (χ0v) is 12.9. The molecule has 1 rings (SSSR count). The highest BCUT2D eigenvalue weighted by molar-refractivity contribution is 4.83. The van der Waals surface area contributed by atoms with E-state index in [0.717, 1.165) is 12.5 Å². The van der Waals surface area contributed by atoms with Crippen molar-refractivity contribution in [2.24, 2.45) is 11.8 Å². The van der Waals surface area contributed by atoms with Crippen molar-refractivity contribution in [1.29, 1.82) is 0 Å². The maximum Gasteiger partial charge on any atom is 0.0618 e.